The Morgan fingerprint density at radius 1 is 1.14 bits per heavy atom. The molecular weight excluding hydrogens is 268 g/mol. The van der Waals surface area contributed by atoms with E-state index in [1.807, 2.05) is 24.3 Å². The molecule has 1 aromatic rings. The van der Waals surface area contributed by atoms with E-state index in [4.69, 9.17) is 4.74 Å². The largest absolute Gasteiger partial charge is 0.466 e. The minimum Gasteiger partial charge on any atom is -0.466 e. The van der Waals surface area contributed by atoms with Crippen LogP contribution in [-0.4, -0.2) is 24.5 Å². The first kappa shape index (κ1) is 17.0. The van der Waals surface area contributed by atoms with Gasteiger partial charge in [0.15, 0.2) is 0 Å². The molecule has 5 nitrogen and oxygen atoms in total. The molecular formula is C16H24N2O3. The van der Waals surface area contributed by atoms with E-state index in [-0.39, 0.29) is 17.9 Å². The lowest BCUT2D eigenvalue weighted by atomic mass is 10.0. The predicted octanol–water partition coefficient (Wildman–Crippen LogP) is 3.03. The van der Waals surface area contributed by atoms with E-state index in [1.165, 1.54) is 6.92 Å². The van der Waals surface area contributed by atoms with Crippen molar-refractivity contribution in [3.63, 3.8) is 0 Å². The number of ether oxygens (including phenoxy) is 1. The molecule has 0 saturated carbocycles. The number of hydrogen-bond acceptors (Lipinski definition) is 4. The summed E-state index contributed by atoms with van der Waals surface area (Å²) in [5.74, 6) is 0.000992. The van der Waals surface area contributed by atoms with Crippen LogP contribution in [0.15, 0.2) is 24.3 Å². The van der Waals surface area contributed by atoms with E-state index in [0.717, 1.165) is 11.4 Å². The van der Waals surface area contributed by atoms with Gasteiger partial charge in [0.1, 0.15) is 0 Å². The zero-order chi connectivity index (χ0) is 15.8. The number of carbonyl (C=O) groups is 2. The summed E-state index contributed by atoms with van der Waals surface area (Å²) in [5.41, 5.74) is 1.66. The number of hydrogen-bond donors (Lipinski definition) is 2. The maximum absolute atomic E-state index is 11.6. The van der Waals surface area contributed by atoms with Crippen molar-refractivity contribution in [3.05, 3.63) is 24.3 Å². The van der Waals surface area contributed by atoms with Crippen LogP contribution in [-0.2, 0) is 14.3 Å². The Labute approximate surface area is 126 Å². The monoisotopic (exact) mass is 292 g/mol. The number of benzene rings is 1. The third kappa shape index (κ3) is 6.29. The molecule has 0 aromatic heterocycles. The minimum atomic E-state index is -0.196. The lowest BCUT2D eigenvalue weighted by Gasteiger charge is -2.22. The molecule has 5 heteroatoms. The van der Waals surface area contributed by atoms with Crippen molar-refractivity contribution in [2.75, 3.05) is 17.2 Å². The zero-order valence-corrected chi connectivity index (χ0v) is 13.1. The summed E-state index contributed by atoms with van der Waals surface area (Å²) < 4.78 is 5.00. The molecule has 21 heavy (non-hydrogen) atoms. The topological polar surface area (TPSA) is 67.4 Å². The van der Waals surface area contributed by atoms with Gasteiger partial charge >= 0.3 is 5.97 Å². The van der Waals surface area contributed by atoms with Crippen molar-refractivity contribution in [1.82, 2.24) is 0 Å². The zero-order valence-electron chi connectivity index (χ0n) is 13.1. The van der Waals surface area contributed by atoms with Gasteiger partial charge < -0.3 is 15.4 Å². The van der Waals surface area contributed by atoms with E-state index in [1.54, 1.807) is 6.92 Å². The van der Waals surface area contributed by atoms with Gasteiger partial charge in [-0.15, -0.1) is 0 Å². The fraction of sp³-hybridized carbons (Fsp3) is 0.500. The third-order valence-corrected chi connectivity index (χ3v) is 3.05. The Morgan fingerprint density at radius 3 is 2.19 bits per heavy atom. The number of esters is 1. The van der Waals surface area contributed by atoms with Crippen LogP contribution in [0.5, 0.6) is 0 Å². The third-order valence-electron chi connectivity index (χ3n) is 3.05. The Kier molecular flexibility index (Phi) is 6.72. The van der Waals surface area contributed by atoms with Gasteiger partial charge in [-0.3, -0.25) is 9.59 Å². The highest BCUT2D eigenvalue weighted by atomic mass is 16.5. The Morgan fingerprint density at radius 2 is 1.71 bits per heavy atom. The van der Waals surface area contributed by atoms with Gasteiger partial charge in [-0.05, 0) is 37.1 Å². The van der Waals surface area contributed by atoms with Crippen molar-refractivity contribution in [2.24, 2.45) is 5.92 Å². The fourth-order valence-corrected chi connectivity index (χ4v) is 1.92. The number of amides is 1. The average Bonchev–Trinajstić information content (AvgIpc) is 2.39. The number of nitrogens with one attached hydrogen (secondary N) is 2. The molecule has 0 aliphatic heterocycles. The first-order valence-corrected chi connectivity index (χ1v) is 7.22. The Bertz CT molecular complexity index is 469. The molecule has 0 spiro atoms. The molecule has 2 N–H and O–H groups in total. The van der Waals surface area contributed by atoms with Crippen LogP contribution in [0, 0.1) is 5.92 Å². The molecule has 0 unspecified atom stereocenters. The molecule has 0 aliphatic rings. The van der Waals surface area contributed by atoms with E-state index in [0.29, 0.717) is 18.9 Å². The van der Waals surface area contributed by atoms with Gasteiger partial charge in [0.25, 0.3) is 0 Å². The normalized spacial score (nSPS) is 11.9. The van der Waals surface area contributed by atoms with Crippen LogP contribution in [0.1, 0.15) is 34.1 Å². The van der Waals surface area contributed by atoms with Gasteiger partial charge in [-0.2, -0.15) is 0 Å². The van der Waals surface area contributed by atoms with Gasteiger partial charge in [0.05, 0.1) is 13.0 Å². The molecule has 1 rings (SSSR count). The van der Waals surface area contributed by atoms with Crippen LogP contribution in [0.4, 0.5) is 11.4 Å². The molecule has 0 heterocycles. The summed E-state index contributed by atoms with van der Waals surface area (Å²) >= 11 is 0. The standard InChI is InChI=1S/C16H24N2O3/c1-5-21-16(20)10-15(11(2)3)18-14-8-6-13(7-9-14)17-12(4)19/h6-9,11,15,18H,5,10H2,1-4H3,(H,17,19)/t15-/m0/s1. The van der Waals surface area contributed by atoms with Crippen LogP contribution in [0.2, 0.25) is 0 Å². The average molecular weight is 292 g/mol. The molecule has 0 radical (unpaired) electrons. The van der Waals surface area contributed by atoms with E-state index in [9.17, 15) is 9.59 Å². The van der Waals surface area contributed by atoms with Gasteiger partial charge in [0, 0.05) is 24.3 Å². The molecule has 0 fully saturated rings. The highest BCUT2D eigenvalue weighted by Crippen LogP contribution is 2.18. The summed E-state index contributed by atoms with van der Waals surface area (Å²) in [6.07, 6.45) is 0.332. The molecule has 1 atom stereocenters. The van der Waals surface area contributed by atoms with E-state index in [2.05, 4.69) is 24.5 Å². The first-order chi connectivity index (χ1) is 9.92. The maximum atomic E-state index is 11.6. The van der Waals surface area contributed by atoms with Crippen molar-refractivity contribution in [2.45, 2.75) is 40.2 Å². The maximum Gasteiger partial charge on any atom is 0.307 e. The lowest BCUT2D eigenvalue weighted by Crippen LogP contribution is -2.29. The highest BCUT2D eigenvalue weighted by Gasteiger charge is 2.18. The fourth-order valence-electron chi connectivity index (χ4n) is 1.92. The SMILES string of the molecule is CCOC(=O)C[C@H](Nc1ccc(NC(C)=O)cc1)C(C)C. The molecule has 1 aromatic carbocycles. The van der Waals surface area contributed by atoms with Crippen LogP contribution < -0.4 is 10.6 Å². The van der Waals surface area contributed by atoms with Crippen molar-refractivity contribution < 1.29 is 14.3 Å². The first-order valence-electron chi connectivity index (χ1n) is 7.22. The van der Waals surface area contributed by atoms with Crippen molar-refractivity contribution in [3.8, 4) is 0 Å². The number of rotatable bonds is 7. The number of carbonyl (C=O) groups excluding carboxylic acids is 2. The van der Waals surface area contributed by atoms with Crippen molar-refractivity contribution in [1.29, 1.82) is 0 Å². The van der Waals surface area contributed by atoms with E-state index >= 15 is 0 Å². The second-order valence-electron chi connectivity index (χ2n) is 5.26. The Hall–Kier alpha value is -2.04. The second kappa shape index (κ2) is 8.29. The van der Waals surface area contributed by atoms with Gasteiger partial charge in [0.2, 0.25) is 5.91 Å². The smallest absolute Gasteiger partial charge is 0.307 e. The van der Waals surface area contributed by atoms with Crippen molar-refractivity contribution >= 4 is 23.3 Å². The second-order valence-corrected chi connectivity index (χ2v) is 5.26. The van der Waals surface area contributed by atoms with Crippen LogP contribution >= 0.6 is 0 Å². The summed E-state index contributed by atoms with van der Waals surface area (Å²) in [4.78, 5) is 22.6. The quantitative estimate of drug-likeness (QED) is 0.758. The molecule has 116 valence electrons. The molecule has 0 aliphatic carbocycles. The van der Waals surface area contributed by atoms with Gasteiger partial charge in [-0.25, -0.2) is 0 Å². The number of anilines is 2. The lowest BCUT2D eigenvalue weighted by molar-refractivity contribution is -0.143. The molecule has 0 bridgehead atoms. The predicted molar refractivity (Wildman–Crippen MR) is 84.2 cm³/mol. The molecule has 1 amide bonds. The Balaban J connectivity index is 2.66. The van der Waals surface area contributed by atoms with Crippen LogP contribution in [0.25, 0.3) is 0 Å². The molecule has 0 saturated heterocycles. The summed E-state index contributed by atoms with van der Waals surface area (Å²) in [6, 6.07) is 7.42. The summed E-state index contributed by atoms with van der Waals surface area (Å²) in [7, 11) is 0. The van der Waals surface area contributed by atoms with E-state index < -0.39 is 0 Å². The van der Waals surface area contributed by atoms with Crippen LogP contribution in [0.3, 0.4) is 0 Å². The summed E-state index contributed by atoms with van der Waals surface area (Å²) in [5, 5.41) is 6.05. The highest BCUT2D eigenvalue weighted by molar-refractivity contribution is 5.88. The summed E-state index contributed by atoms with van der Waals surface area (Å²) in [6.45, 7) is 7.79. The minimum absolute atomic E-state index is 0.00988. The van der Waals surface area contributed by atoms with Gasteiger partial charge in [-0.1, -0.05) is 13.8 Å².